The van der Waals surface area contributed by atoms with Crippen LogP contribution in [-0.2, 0) is 4.74 Å². The minimum absolute atomic E-state index is 0.380. The molecule has 0 aliphatic carbocycles. The number of rotatable bonds is 3. The number of hydrogen-bond acceptors (Lipinski definition) is 5. The Morgan fingerprint density at radius 3 is 2.52 bits per heavy atom. The molecule has 0 saturated heterocycles. The highest BCUT2D eigenvalue weighted by molar-refractivity contribution is 7.13. The van der Waals surface area contributed by atoms with Gasteiger partial charge in [-0.15, -0.1) is 11.3 Å². The van der Waals surface area contributed by atoms with Crippen LogP contribution in [0.4, 0.5) is 9.93 Å². The molecule has 0 aliphatic rings. The van der Waals surface area contributed by atoms with E-state index in [0.717, 1.165) is 5.56 Å². The molecule has 21 heavy (non-hydrogen) atoms. The molecule has 3 N–H and O–H groups in total. The smallest absolute Gasteiger partial charge is 0.408 e. The maximum Gasteiger partial charge on any atom is 0.408 e. The maximum atomic E-state index is 12.0. The molecule has 0 spiro atoms. The highest BCUT2D eigenvalue weighted by atomic mass is 32.1. The first-order valence-electron chi connectivity index (χ1n) is 6.60. The summed E-state index contributed by atoms with van der Waals surface area (Å²) in [6.07, 6.45) is -0.483. The number of carbonyl (C=O) groups excluding carboxylic acids is 1. The normalized spacial score (nSPS) is 12.7. The van der Waals surface area contributed by atoms with Crippen molar-refractivity contribution in [3.05, 3.63) is 47.0 Å². The number of ether oxygens (including phenoxy) is 1. The number of alkyl carbamates (subject to hydrolysis) is 1. The number of aromatic nitrogens is 1. The fourth-order valence-corrected chi connectivity index (χ4v) is 2.42. The first-order chi connectivity index (χ1) is 9.85. The van der Waals surface area contributed by atoms with Crippen LogP contribution in [0.5, 0.6) is 0 Å². The molecule has 1 amide bonds. The molecule has 1 heterocycles. The summed E-state index contributed by atoms with van der Waals surface area (Å²) in [5.41, 5.74) is 6.77. The van der Waals surface area contributed by atoms with Crippen LogP contribution >= 0.6 is 11.3 Å². The van der Waals surface area contributed by atoms with Gasteiger partial charge in [0.15, 0.2) is 5.13 Å². The number of nitrogens with one attached hydrogen (secondary N) is 1. The summed E-state index contributed by atoms with van der Waals surface area (Å²) >= 11 is 1.34. The molecule has 0 saturated carbocycles. The number of benzene rings is 1. The Morgan fingerprint density at radius 2 is 2.00 bits per heavy atom. The van der Waals surface area contributed by atoms with Crippen LogP contribution in [0, 0.1) is 0 Å². The second-order valence-corrected chi connectivity index (χ2v) is 6.49. The Morgan fingerprint density at radius 1 is 1.33 bits per heavy atom. The first kappa shape index (κ1) is 15.3. The molecule has 1 aromatic heterocycles. The fourth-order valence-electron chi connectivity index (χ4n) is 1.83. The molecule has 1 aromatic carbocycles. The molecule has 112 valence electrons. The van der Waals surface area contributed by atoms with Crippen molar-refractivity contribution in [1.29, 1.82) is 0 Å². The average molecular weight is 305 g/mol. The van der Waals surface area contributed by atoms with Gasteiger partial charge in [0.1, 0.15) is 11.6 Å². The average Bonchev–Trinajstić information content (AvgIpc) is 2.81. The Hall–Kier alpha value is -2.08. The largest absolute Gasteiger partial charge is 0.444 e. The van der Waals surface area contributed by atoms with Crippen molar-refractivity contribution in [2.24, 2.45) is 0 Å². The summed E-state index contributed by atoms with van der Waals surface area (Å²) in [6.45, 7) is 5.47. The van der Waals surface area contributed by atoms with Gasteiger partial charge in [-0.25, -0.2) is 9.78 Å². The Balaban J connectivity index is 2.23. The van der Waals surface area contributed by atoms with Crippen LogP contribution in [0.2, 0.25) is 0 Å². The van der Waals surface area contributed by atoms with Crippen molar-refractivity contribution in [3.63, 3.8) is 0 Å². The zero-order chi connectivity index (χ0) is 15.5. The van der Waals surface area contributed by atoms with E-state index in [9.17, 15) is 4.79 Å². The number of hydrogen-bond donors (Lipinski definition) is 2. The SMILES string of the molecule is CC(C)(C)OC(=O)NC(c1ccccc1)c1csc(N)n1. The lowest BCUT2D eigenvalue weighted by atomic mass is 10.1. The third-order valence-electron chi connectivity index (χ3n) is 2.63. The minimum Gasteiger partial charge on any atom is -0.444 e. The molecular weight excluding hydrogens is 286 g/mol. The van der Waals surface area contributed by atoms with E-state index in [-0.39, 0.29) is 6.04 Å². The summed E-state index contributed by atoms with van der Waals surface area (Å²) in [4.78, 5) is 16.3. The molecule has 0 fully saturated rings. The van der Waals surface area contributed by atoms with E-state index < -0.39 is 11.7 Å². The van der Waals surface area contributed by atoms with E-state index in [2.05, 4.69) is 10.3 Å². The predicted molar refractivity (Wildman–Crippen MR) is 84.2 cm³/mol. The van der Waals surface area contributed by atoms with E-state index >= 15 is 0 Å². The van der Waals surface area contributed by atoms with Crippen molar-refractivity contribution in [2.75, 3.05) is 5.73 Å². The van der Waals surface area contributed by atoms with E-state index in [4.69, 9.17) is 10.5 Å². The Labute approximate surface area is 128 Å². The molecule has 1 unspecified atom stereocenters. The van der Waals surface area contributed by atoms with Crippen molar-refractivity contribution in [2.45, 2.75) is 32.4 Å². The van der Waals surface area contributed by atoms with Gasteiger partial charge in [0.05, 0.1) is 5.69 Å². The van der Waals surface area contributed by atoms with Gasteiger partial charge in [-0.3, -0.25) is 0 Å². The molecule has 0 aliphatic heterocycles. The molecule has 6 heteroatoms. The minimum atomic E-state index is -0.549. The lowest BCUT2D eigenvalue weighted by Crippen LogP contribution is -2.35. The summed E-state index contributed by atoms with van der Waals surface area (Å²) in [7, 11) is 0. The highest BCUT2D eigenvalue weighted by Crippen LogP contribution is 2.25. The van der Waals surface area contributed by atoms with E-state index in [1.54, 1.807) is 0 Å². The lowest BCUT2D eigenvalue weighted by Gasteiger charge is -2.23. The van der Waals surface area contributed by atoms with Crippen molar-refractivity contribution < 1.29 is 9.53 Å². The standard InChI is InChI=1S/C15H19N3O2S/c1-15(2,3)20-14(19)18-12(10-7-5-4-6-8-10)11-9-21-13(16)17-11/h4-9,12H,1-3H3,(H2,16,17)(H,18,19). The van der Waals surface area contributed by atoms with Crippen LogP contribution in [-0.4, -0.2) is 16.7 Å². The van der Waals surface area contributed by atoms with Crippen LogP contribution < -0.4 is 11.1 Å². The number of nitrogens with two attached hydrogens (primary N) is 1. The van der Waals surface area contributed by atoms with Crippen LogP contribution in [0.1, 0.15) is 38.1 Å². The van der Waals surface area contributed by atoms with Crippen molar-refractivity contribution in [3.8, 4) is 0 Å². The summed E-state index contributed by atoms with van der Waals surface area (Å²) in [5, 5.41) is 5.15. The number of anilines is 1. The molecule has 1 atom stereocenters. The third-order valence-corrected chi connectivity index (χ3v) is 3.32. The molecule has 5 nitrogen and oxygen atoms in total. The van der Waals surface area contributed by atoms with Gasteiger partial charge in [-0.05, 0) is 26.3 Å². The van der Waals surface area contributed by atoms with Crippen LogP contribution in [0.25, 0.3) is 0 Å². The summed E-state index contributed by atoms with van der Waals surface area (Å²) < 4.78 is 5.31. The van der Waals surface area contributed by atoms with Gasteiger partial charge in [0.25, 0.3) is 0 Å². The fraction of sp³-hybridized carbons (Fsp3) is 0.333. The van der Waals surface area contributed by atoms with Crippen molar-refractivity contribution >= 4 is 22.6 Å². The zero-order valence-corrected chi connectivity index (χ0v) is 13.1. The number of thiazole rings is 1. The molecular formula is C15H19N3O2S. The van der Waals surface area contributed by atoms with Gasteiger partial charge in [0.2, 0.25) is 0 Å². The van der Waals surface area contributed by atoms with E-state index in [1.807, 2.05) is 56.5 Å². The van der Waals surface area contributed by atoms with Gasteiger partial charge in [-0.1, -0.05) is 30.3 Å². The predicted octanol–water partition coefficient (Wildman–Crippen LogP) is 3.34. The monoisotopic (exact) mass is 305 g/mol. The van der Waals surface area contributed by atoms with E-state index in [0.29, 0.717) is 10.8 Å². The number of nitrogen functional groups attached to an aromatic ring is 1. The maximum absolute atomic E-state index is 12.0. The lowest BCUT2D eigenvalue weighted by molar-refractivity contribution is 0.0511. The second-order valence-electron chi connectivity index (χ2n) is 5.60. The summed E-state index contributed by atoms with van der Waals surface area (Å²) in [6, 6.07) is 9.22. The number of nitrogens with zero attached hydrogens (tertiary/aromatic N) is 1. The van der Waals surface area contributed by atoms with Crippen LogP contribution in [0.15, 0.2) is 35.7 Å². The van der Waals surface area contributed by atoms with Crippen LogP contribution in [0.3, 0.4) is 0 Å². The molecule has 0 bridgehead atoms. The Bertz CT molecular complexity index is 605. The zero-order valence-electron chi connectivity index (χ0n) is 12.3. The number of carbonyl (C=O) groups is 1. The highest BCUT2D eigenvalue weighted by Gasteiger charge is 2.23. The van der Waals surface area contributed by atoms with Gasteiger partial charge >= 0.3 is 6.09 Å². The van der Waals surface area contributed by atoms with E-state index in [1.165, 1.54) is 11.3 Å². The quantitative estimate of drug-likeness (QED) is 0.911. The third kappa shape index (κ3) is 4.46. The molecule has 0 radical (unpaired) electrons. The molecule has 2 rings (SSSR count). The van der Waals surface area contributed by atoms with Gasteiger partial charge in [0, 0.05) is 5.38 Å². The van der Waals surface area contributed by atoms with Gasteiger partial charge in [-0.2, -0.15) is 0 Å². The topological polar surface area (TPSA) is 77.2 Å². The van der Waals surface area contributed by atoms with Gasteiger partial charge < -0.3 is 15.8 Å². The summed E-state index contributed by atoms with van der Waals surface area (Å²) in [5.74, 6) is 0. The second kappa shape index (κ2) is 6.13. The van der Waals surface area contributed by atoms with Crippen molar-refractivity contribution in [1.82, 2.24) is 10.3 Å². The molecule has 2 aromatic rings. The Kier molecular flexibility index (Phi) is 4.47. The first-order valence-corrected chi connectivity index (χ1v) is 7.48. The number of amides is 1.